The van der Waals surface area contributed by atoms with Gasteiger partial charge in [-0.2, -0.15) is 0 Å². The van der Waals surface area contributed by atoms with Crippen molar-refractivity contribution in [3.8, 4) is 22.4 Å². The molecule has 3 aromatic heterocycles. The molecule has 29 heavy (non-hydrogen) atoms. The van der Waals surface area contributed by atoms with E-state index in [1.54, 1.807) is 24.7 Å². The molecule has 1 aromatic carbocycles. The molecule has 4 N–H and O–H groups in total. The van der Waals surface area contributed by atoms with Gasteiger partial charge < -0.3 is 15.7 Å². The van der Waals surface area contributed by atoms with Crippen LogP contribution in [0, 0.1) is 5.41 Å². The summed E-state index contributed by atoms with van der Waals surface area (Å²) < 4.78 is 0. The molecule has 144 valence electrons. The Morgan fingerprint density at radius 1 is 1.21 bits per heavy atom. The first-order valence-electron chi connectivity index (χ1n) is 9.14. The minimum atomic E-state index is -0.329. The van der Waals surface area contributed by atoms with E-state index in [2.05, 4.69) is 30.6 Å². The molecule has 0 aliphatic rings. The Hall–Kier alpha value is -4.07. The molecule has 0 saturated carbocycles. The molecule has 0 saturated heterocycles. The first-order valence-corrected chi connectivity index (χ1v) is 9.14. The number of rotatable bonds is 5. The summed E-state index contributed by atoms with van der Waals surface area (Å²) in [6.45, 7) is 2.36. The summed E-state index contributed by atoms with van der Waals surface area (Å²) in [6, 6.07) is 11.1. The lowest BCUT2D eigenvalue weighted by molar-refractivity contribution is 0.252. The number of H-pyrrole nitrogens is 1. The molecule has 4 rings (SSSR count). The van der Waals surface area contributed by atoms with Gasteiger partial charge in [-0.05, 0) is 48.4 Å². The zero-order chi connectivity index (χ0) is 20.2. The van der Waals surface area contributed by atoms with Gasteiger partial charge in [0.15, 0.2) is 0 Å². The lowest BCUT2D eigenvalue weighted by Crippen LogP contribution is -2.28. The summed E-state index contributed by atoms with van der Waals surface area (Å²) in [5, 5.41) is 12.9. The Morgan fingerprint density at radius 3 is 2.86 bits per heavy atom. The van der Waals surface area contributed by atoms with Gasteiger partial charge in [0.1, 0.15) is 0 Å². The average molecular weight is 385 g/mol. The second-order valence-corrected chi connectivity index (χ2v) is 6.35. The SMILES string of the molecule is CCNC(=O)Nc1nc2c(-c3cc(C=N)ccn3)cc(-c3cccnc3)cc2[nH]1. The number of hydrogen-bond donors (Lipinski definition) is 4. The molecule has 0 aliphatic heterocycles. The number of nitrogens with one attached hydrogen (secondary N) is 4. The van der Waals surface area contributed by atoms with Crippen LogP contribution < -0.4 is 10.6 Å². The number of nitrogens with zero attached hydrogens (tertiary/aromatic N) is 3. The molecule has 0 atom stereocenters. The summed E-state index contributed by atoms with van der Waals surface area (Å²) >= 11 is 0. The number of benzene rings is 1. The number of hydrogen-bond acceptors (Lipinski definition) is 5. The molecule has 4 aromatic rings. The molecule has 0 aliphatic carbocycles. The Morgan fingerprint density at radius 2 is 2.10 bits per heavy atom. The lowest BCUT2D eigenvalue weighted by atomic mass is 10.0. The molecule has 3 heterocycles. The first-order chi connectivity index (χ1) is 14.2. The summed E-state index contributed by atoms with van der Waals surface area (Å²) in [7, 11) is 0. The number of amides is 2. The van der Waals surface area contributed by atoms with E-state index in [4.69, 9.17) is 5.41 Å². The predicted octanol–water partition coefficient (Wildman–Crippen LogP) is 3.83. The van der Waals surface area contributed by atoms with Crippen molar-refractivity contribution in [3.63, 3.8) is 0 Å². The monoisotopic (exact) mass is 385 g/mol. The van der Waals surface area contributed by atoms with Crippen LogP contribution in [0.2, 0.25) is 0 Å². The summed E-state index contributed by atoms with van der Waals surface area (Å²) in [5.74, 6) is 0.346. The number of pyridine rings is 2. The number of imidazole rings is 1. The quantitative estimate of drug-likeness (QED) is 0.390. The maximum absolute atomic E-state index is 11.9. The van der Waals surface area contributed by atoms with Gasteiger partial charge >= 0.3 is 6.03 Å². The lowest BCUT2D eigenvalue weighted by Gasteiger charge is -2.07. The van der Waals surface area contributed by atoms with Crippen molar-refractivity contribution >= 4 is 29.2 Å². The highest BCUT2D eigenvalue weighted by atomic mass is 16.2. The van der Waals surface area contributed by atoms with Crippen molar-refractivity contribution in [1.82, 2.24) is 25.3 Å². The molecule has 0 fully saturated rings. The van der Waals surface area contributed by atoms with Crippen LogP contribution in [0.15, 0.2) is 55.0 Å². The van der Waals surface area contributed by atoms with E-state index >= 15 is 0 Å². The largest absolute Gasteiger partial charge is 0.338 e. The van der Waals surface area contributed by atoms with E-state index in [1.165, 1.54) is 6.21 Å². The number of urea groups is 1. The van der Waals surface area contributed by atoms with Crippen molar-refractivity contribution in [2.24, 2.45) is 0 Å². The molecule has 2 amide bonds. The molecule has 8 nitrogen and oxygen atoms in total. The van der Waals surface area contributed by atoms with Crippen LogP contribution in [0.3, 0.4) is 0 Å². The van der Waals surface area contributed by atoms with E-state index in [0.29, 0.717) is 23.7 Å². The second-order valence-electron chi connectivity index (χ2n) is 6.35. The van der Waals surface area contributed by atoms with E-state index in [0.717, 1.165) is 27.8 Å². The van der Waals surface area contributed by atoms with Crippen LogP contribution in [0.4, 0.5) is 10.7 Å². The molecule has 0 unspecified atom stereocenters. The summed E-state index contributed by atoms with van der Waals surface area (Å²) in [5.41, 5.74) is 5.56. The maximum atomic E-state index is 11.9. The van der Waals surface area contributed by atoms with Crippen molar-refractivity contribution in [1.29, 1.82) is 5.41 Å². The highest BCUT2D eigenvalue weighted by Gasteiger charge is 2.15. The van der Waals surface area contributed by atoms with Gasteiger partial charge in [0.2, 0.25) is 5.95 Å². The van der Waals surface area contributed by atoms with Gasteiger partial charge in [0.25, 0.3) is 0 Å². The van der Waals surface area contributed by atoms with E-state index in [-0.39, 0.29) is 6.03 Å². The first kappa shape index (κ1) is 18.3. The van der Waals surface area contributed by atoms with Crippen molar-refractivity contribution < 1.29 is 4.79 Å². The number of carbonyl (C=O) groups is 1. The zero-order valence-electron chi connectivity index (χ0n) is 15.7. The van der Waals surface area contributed by atoms with Crippen LogP contribution >= 0.6 is 0 Å². The Kier molecular flexibility index (Phi) is 4.98. The number of aromatic nitrogens is 4. The molecule has 0 spiro atoms. The third kappa shape index (κ3) is 3.81. The standard InChI is InChI=1S/C21H19N7O/c1-2-24-21(29)28-20-26-18-10-15(14-4-3-6-23-12-14)9-16(19(18)27-20)17-8-13(11-22)5-7-25-17/h3-12,22H,2H2,1H3,(H3,24,26,27,28,29). The van der Waals surface area contributed by atoms with Crippen LogP contribution in [0.5, 0.6) is 0 Å². The van der Waals surface area contributed by atoms with E-state index in [1.807, 2.05) is 37.3 Å². The molecular weight excluding hydrogens is 366 g/mol. The summed E-state index contributed by atoms with van der Waals surface area (Å²) in [4.78, 5) is 28.3. The van der Waals surface area contributed by atoms with Crippen molar-refractivity contribution in [2.45, 2.75) is 6.92 Å². The van der Waals surface area contributed by atoms with Gasteiger partial charge in [0.05, 0.1) is 16.7 Å². The Balaban J connectivity index is 1.89. The number of fused-ring (bicyclic) bond motifs is 1. The second kappa shape index (κ2) is 7.89. The van der Waals surface area contributed by atoms with Crippen LogP contribution in [-0.2, 0) is 0 Å². The van der Waals surface area contributed by atoms with Crippen LogP contribution in [0.1, 0.15) is 12.5 Å². The normalized spacial score (nSPS) is 10.7. The predicted molar refractivity (Wildman–Crippen MR) is 113 cm³/mol. The third-order valence-corrected chi connectivity index (χ3v) is 4.38. The topological polar surface area (TPSA) is 119 Å². The fourth-order valence-electron chi connectivity index (χ4n) is 3.07. The molecule has 8 heteroatoms. The van der Waals surface area contributed by atoms with Crippen LogP contribution in [-0.4, -0.2) is 38.7 Å². The molecular formula is C21H19N7O. The van der Waals surface area contributed by atoms with Gasteiger partial charge in [0, 0.05) is 42.5 Å². The average Bonchev–Trinajstić information content (AvgIpc) is 3.16. The highest BCUT2D eigenvalue weighted by molar-refractivity contribution is 5.98. The van der Waals surface area contributed by atoms with Crippen molar-refractivity contribution in [3.05, 3.63) is 60.6 Å². The fraction of sp³-hybridized carbons (Fsp3) is 0.0952. The fourth-order valence-corrected chi connectivity index (χ4v) is 3.07. The van der Waals surface area contributed by atoms with E-state index < -0.39 is 0 Å². The number of aromatic amines is 1. The number of anilines is 1. The van der Waals surface area contributed by atoms with Gasteiger partial charge in [-0.3, -0.25) is 15.3 Å². The van der Waals surface area contributed by atoms with Crippen LogP contribution in [0.25, 0.3) is 33.4 Å². The molecule has 0 bridgehead atoms. The minimum absolute atomic E-state index is 0.329. The smallest absolute Gasteiger partial charge is 0.321 e. The highest BCUT2D eigenvalue weighted by Crippen LogP contribution is 2.33. The van der Waals surface area contributed by atoms with E-state index in [9.17, 15) is 4.79 Å². The third-order valence-electron chi connectivity index (χ3n) is 4.38. The molecule has 0 radical (unpaired) electrons. The van der Waals surface area contributed by atoms with Crippen molar-refractivity contribution in [2.75, 3.05) is 11.9 Å². The van der Waals surface area contributed by atoms with Gasteiger partial charge in [-0.1, -0.05) is 6.07 Å². The zero-order valence-corrected chi connectivity index (χ0v) is 15.7. The Bertz CT molecular complexity index is 1180. The summed E-state index contributed by atoms with van der Waals surface area (Å²) in [6.07, 6.45) is 6.46. The maximum Gasteiger partial charge on any atom is 0.321 e. The van der Waals surface area contributed by atoms with Gasteiger partial charge in [-0.15, -0.1) is 0 Å². The minimum Gasteiger partial charge on any atom is -0.338 e. The Labute approximate surface area is 167 Å². The number of carbonyl (C=O) groups excluding carboxylic acids is 1. The van der Waals surface area contributed by atoms with Gasteiger partial charge in [-0.25, -0.2) is 9.78 Å².